The number of rotatable bonds is 9. The number of esters is 3. The average Bonchev–Trinajstić information content (AvgIpc) is 2.72. The third-order valence-electron chi connectivity index (χ3n) is 3.89. The summed E-state index contributed by atoms with van der Waals surface area (Å²) in [6.45, 7) is 2.30. The molecule has 0 saturated heterocycles. The van der Waals surface area contributed by atoms with Crippen LogP contribution in [0, 0.1) is 0 Å². The summed E-state index contributed by atoms with van der Waals surface area (Å²) in [6.07, 6.45) is -1.94. The quantitative estimate of drug-likeness (QED) is 0.364. The number of ketones is 1. The Kier molecular flexibility index (Phi) is 8.09. The van der Waals surface area contributed by atoms with Crippen molar-refractivity contribution in [1.82, 2.24) is 0 Å². The van der Waals surface area contributed by atoms with Crippen LogP contribution >= 0.6 is 0 Å². The molecule has 0 aliphatic carbocycles. The van der Waals surface area contributed by atoms with E-state index < -0.39 is 42.8 Å². The molecule has 0 saturated carbocycles. The molecule has 2 aromatic carbocycles. The number of carbonyl (C=O) groups excluding carboxylic acids is 4. The van der Waals surface area contributed by atoms with E-state index in [4.69, 9.17) is 14.2 Å². The third kappa shape index (κ3) is 6.88. The molecule has 0 aliphatic rings. The Labute approximate surface area is 168 Å². The molecule has 2 aromatic rings. The molecule has 2 rings (SSSR count). The van der Waals surface area contributed by atoms with Gasteiger partial charge in [-0.25, -0.2) is 4.79 Å². The monoisotopic (exact) mass is 398 g/mol. The van der Waals surface area contributed by atoms with Gasteiger partial charge in [0.25, 0.3) is 0 Å². The average molecular weight is 398 g/mol. The van der Waals surface area contributed by atoms with Crippen molar-refractivity contribution < 1.29 is 33.4 Å². The number of Topliss-reactive ketones (excluding diaryl/α,β-unsaturated/α-hetero) is 1. The lowest BCUT2D eigenvalue weighted by Gasteiger charge is -2.15. The third-order valence-corrected chi connectivity index (χ3v) is 3.89. The second-order valence-corrected chi connectivity index (χ2v) is 6.08. The maximum Gasteiger partial charge on any atom is 0.348 e. The van der Waals surface area contributed by atoms with Crippen molar-refractivity contribution in [3.8, 4) is 11.1 Å². The smallest absolute Gasteiger partial charge is 0.348 e. The van der Waals surface area contributed by atoms with Crippen molar-refractivity contribution in [3.63, 3.8) is 0 Å². The molecule has 7 nitrogen and oxygen atoms in total. The van der Waals surface area contributed by atoms with Gasteiger partial charge in [0.2, 0.25) is 6.10 Å². The van der Waals surface area contributed by atoms with Gasteiger partial charge in [-0.3, -0.25) is 14.4 Å². The molecule has 0 bridgehead atoms. The molecule has 1 atom stereocenters. The van der Waals surface area contributed by atoms with Crippen molar-refractivity contribution in [2.75, 3.05) is 13.2 Å². The number of ether oxygens (including phenoxy) is 3. The number of hydrogen-bond donors (Lipinski definition) is 0. The lowest BCUT2D eigenvalue weighted by Crippen LogP contribution is -2.32. The molecule has 29 heavy (non-hydrogen) atoms. The maximum atomic E-state index is 12.3. The summed E-state index contributed by atoms with van der Waals surface area (Å²) >= 11 is 0. The highest BCUT2D eigenvalue weighted by Gasteiger charge is 2.28. The Morgan fingerprint density at radius 3 is 2.07 bits per heavy atom. The summed E-state index contributed by atoms with van der Waals surface area (Å²) in [5, 5.41) is 0. The number of hydrogen-bond acceptors (Lipinski definition) is 7. The van der Waals surface area contributed by atoms with Crippen LogP contribution in [0.5, 0.6) is 0 Å². The molecule has 7 heteroatoms. The Balaban J connectivity index is 1.96. The fraction of sp³-hybridized carbons (Fsp3) is 0.273. The predicted molar refractivity (Wildman–Crippen MR) is 104 cm³/mol. The lowest BCUT2D eigenvalue weighted by atomic mass is 10.0. The van der Waals surface area contributed by atoms with E-state index in [0.29, 0.717) is 5.56 Å². The van der Waals surface area contributed by atoms with Gasteiger partial charge < -0.3 is 14.2 Å². The molecule has 0 N–H and O–H groups in total. The molecule has 0 spiro atoms. The van der Waals surface area contributed by atoms with Crippen LogP contribution in [0.3, 0.4) is 0 Å². The second-order valence-electron chi connectivity index (χ2n) is 6.08. The lowest BCUT2D eigenvalue weighted by molar-refractivity contribution is -0.170. The predicted octanol–water partition coefficient (Wildman–Crippen LogP) is 2.96. The first kappa shape index (κ1) is 21.8. The zero-order valence-corrected chi connectivity index (χ0v) is 16.3. The topological polar surface area (TPSA) is 96.0 Å². The SMILES string of the molecule is CCOC(=O)C[C@@H](OC(C)=O)C(=O)OCC(=O)c1ccc(-c2ccccc2)cc1. The molecule has 0 aliphatic heterocycles. The van der Waals surface area contributed by atoms with Gasteiger partial charge >= 0.3 is 17.9 Å². The molecule has 0 amide bonds. The summed E-state index contributed by atoms with van der Waals surface area (Å²) in [7, 11) is 0. The van der Waals surface area contributed by atoms with Gasteiger partial charge in [-0.1, -0.05) is 54.6 Å². The van der Waals surface area contributed by atoms with Crippen LogP contribution in [0.15, 0.2) is 54.6 Å². The van der Waals surface area contributed by atoms with Crippen LogP contribution < -0.4 is 0 Å². The molecule has 0 unspecified atom stereocenters. The van der Waals surface area contributed by atoms with Crippen molar-refractivity contribution in [2.45, 2.75) is 26.4 Å². The minimum Gasteiger partial charge on any atom is -0.466 e. The fourth-order valence-corrected chi connectivity index (χ4v) is 2.54. The van der Waals surface area contributed by atoms with Crippen LogP contribution in [0.2, 0.25) is 0 Å². The van der Waals surface area contributed by atoms with Crippen molar-refractivity contribution >= 4 is 23.7 Å². The van der Waals surface area contributed by atoms with Crippen molar-refractivity contribution in [1.29, 1.82) is 0 Å². The van der Waals surface area contributed by atoms with Crippen LogP contribution in [0.4, 0.5) is 0 Å². The highest BCUT2D eigenvalue weighted by molar-refractivity contribution is 5.98. The summed E-state index contributed by atoms with van der Waals surface area (Å²) in [6, 6.07) is 16.5. The van der Waals surface area contributed by atoms with Gasteiger partial charge in [0.05, 0.1) is 13.0 Å². The minimum absolute atomic E-state index is 0.123. The first-order chi connectivity index (χ1) is 13.9. The second kappa shape index (κ2) is 10.8. The van der Waals surface area contributed by atoms with E-state index >= 15 is 0 Å². The first-order valence-corrected chi connectivity index (χ1v) is 9.09. The van der Waals surface area contributed by atoms with Gasteiger partial charge in [-0.15, -0.1) is 0 Å². The van der Waals surface area contributed by atoms with Crippen molar-refractivity contribution in [2.24, 2.45) is 0 Å². The molecule has 152 valence electrons. The standard InChI is InChI=1S/C22H22O7/c1-3-27-21(25)13-20(29-15(2)23)22(26)28-14-19(24)18-11-9-17(10-12-18)16-7-5-4-6-8-16/h4-12,20H,3,13-14H2,1-2H3/t20-/m1/s1. The van der Waals surface area contributed by atoms with Gasteiger partial charge in [0.1, 0.15) is 0 Å². The van der Waals surface area contributed by atoms with Crippen molar-refractivity contribution in [3.05, 3.63) is 60.2 Å². The molecule has 0 fully saturated rings. The zero-order chi connectivity index (χ0) is 21.2. The summed E-state index contributed by atoms with van der Waals surface area (Å²) in [5.41, 5.74) is 2.33. The van der Waals surface area contributed by atoms with Gasteiger partial charge in [0, 0.05) is 12.5 Å². The Hall–Kier alpha value is -3.48. The Morgan fingerprint density at radius 2 is 1.48 bits per heavy atom. The van der Waals surface area contributed by atoms with E-state index in [1.165, 1.54) is 0 Å². The number of carbonyl (C=O) groups is 4. The van der Waals surface area contributed by atoms with Crippen LogP contribution in [0.25, 0.3) is 11.1 Å². The molecular formula is C22H22O7. The zero-order valence-electron chi connectivity index (χ0n) is 16.3. The summed E-state index contributed by atoms with van der Waals surface area (Å²) < 4.78 is 14.5. The largest absolute Gasteiger partial charge is 0.466 e. The molecular weight excluding hydrogens is 376 g/mol. The normalized spacial score (nSPS) is 11.2. The highest BCUT2D eigenvalue weighted by Crippen LogP contribution is 2.19. The van der Waals surface area contributed by atoms with Crippen LogP contribution in [0.1, 0.15) is 30.6 Å². The minimum atomic E-state index is -1.46. The van der Waals surface area contributed by atoms with E-state index in [1.807, 2.05) is 30.3 Å². The van der Waals surface area contributed by atoms with Gasteiger partial charge in [0.15, 0.2) is 12.4 Å². The molecule has 0 aromatic heterocycles. The van der Waals surface area contributed by atoms with E-state index in [9.17, 15) is 19.2 Å². The van der Waals surface area contributed by atoms with E-state index in [2.05, 4.69) is 0 Å². The fourth-order valence-electron chi connectivity index (χ4n) is 2.54. The summed E-state index contributed by atoms with van der Waals surface area (Å²) in [4.78, 5) is 47.1. The molecule has 0 radical (unpaired) electrons. The van der Waals surface area contributed by atoms with E-state index in [0.717, 1.165) is 18.1 Å². The van der Waals surface area contributed by atoms with Gasteiger partial charge in [-0.2, -0.15) is 0 Å². The van der Waals surface area contributed by atoms with E-state index in [-0.39, 0.29) is 6.61 Å². The Bertz CT molecular complexity index is 856. The highest BCUT2D eigenvalue weighted by atomic mass is 16.6. The first-order valence-electron chi connectivity index (χ1n) is 9.09. The van der Waals surface area contributed by atoms with Crippen LogP contribution in [-0.4, -0.2) is 43.0 Å². The maximum absolute atomic E-state index is 12.3. The van der Waals surface area contributed by atoms with Crippen LogP contribution in [-0.2, 0) is 28.6 Å². The van der Waals surface area contributed by atoms with Gasteiger partial charge in [-0.05, 0) is 18.1 Å². The van der Waals surface area contributed by atoms with E-state index in [1.54, 1.807) is 31.2 Å². The number of benzene rings is 2. The Morgan fingerprint density at radius 1 is 0.862 bits per heavy atom. The summed E-state index contributed by atoms with van der Waals surface area (Å²) in [5.74, 6) is -2.87. The molecule has 0 heterocycles.